The first-order chi connectivity index (χ1) is 8.18. The Hall–Kier alpha value is -0.210. The van der Waals surface area contributed by atoms with Crippen molar-refractivity contribution in [3.63, 3.8) is 0 Å². The van der Waals surface area contributed by atoms with Crippen LogP contribution >= 0.6 is 23.2 Å². The summed E-state index contributed by atoms with van der Waals surface area (Å²) in [5.41, 5.74) is 0. The molecule has 0 bridgehead atoms. The summed E-state index contributed by atoms with van der Waals surface area (Å²) in [4.78, 5) is 9.78. The van der Waals surface area contributed by atoms with E-state index >= 15 is 0 Å². The Morgan fingerprint density at radius 3 is 2.41 bits per heavy atom. The molecule has 2 nitrogen and oxygen atoms in total. The number of carbonyl (C=O) groups excluding carboxylic acids is 1. The van der Waals surface area contributed by atoms with Gasteiger partial charge in [0.2, 0.25) is 4.84 Å². The van der Waals surface area contributed by atoms with Crippen molar-refractivity contribution >= 4 is 29.2 Å². The molecule has 0 saturated carbocycles. The topological polar surface area (TPSA) is 26.3 Å². The first-order valence-electron chi connectivity index (χ1n) is 6.28. The number of hydrogen-bond donors (Lipinski definition) is 0. The fraction of sp³-hybridized carbons (Fsp3) is 0.769. The fourth-order valence-corrected chi connectivity index (χ4v) is 1.55. The zero-order chi connectivity index (χ0) is 12.9. The van der Waals surface area contributed by atoms with E-state index in [4.69, 9.17) is 27.9 Å². The lowest BCUT2D eigenvalue weighted by Gasteiger charge is -2.01. The van der Waals surface area contributed by atoms with E-state index in [2.05, 4.69) is 6.92 Å². The largest absolute Gasteiger partial charge is 0.459 e. The zero-order valence-electron chi connectivity index (χ0n) is 10.5. The number of rotatable bonds is 10. The Morgan fingerprint density at radius 1 is 1.12 bits per heavy atom. The maximum Gasteiger partial charge on any atom is 0.339 e. The minimum absolute atomic E-state index is 0.255. The van der Waals surface area contributed by atoms with Crippen molar-refractivity contribution in [3.05, 3.63) is 12.2 Å². The summed E-state index contributed by atoms with van der Waals surface area (Å²) in [6.07, 6.45) is 12.6. The quantitative estimate of drug-likeness (QED) is 0.252. The number of unbranched alkanes of at least 4 members (excludes halogenated alkanes) is 6. The highest BCUT2D eigenvalue weighted by molar-refractivity contribution is 6.52. The van der Waals surface area contributed by atoms with E-state index in [0.29, 0.717) is 0 Å². The first-order valence-corrected chi connectivity index (χ1v) is 7.15. The molecule has 0 aliphatic carbocycles. The van der Waals surface area contributed by atoms with Crippen molar-refractivity contribution in [1.29, 1.82) is 0 Å². The molecule has 0 aromatic carbocycles. The third kappa shape index (κ3) is 12.0. The van der Waals surface area contributed by atoms with Crippen LogP contribution in [0.4, 0.5) is 0 Å². The van der Waals surface area contributed by atoms with Gasteiger partial charge < -0.3 is 4.74 Å². The van der Waals surface area contributed by atoms with Crippen LogP contribution in [-0.4, -0.2) is 17.4 Å². The Bertz CT molecular complexity index is 215. The van der Waals surface area contributed by atoms with Gasteiger partial charge in [0, 0.05) is 0 Å². The van der Waals surface area contributed by atoms with Gasteiger partial charge in [-0.3, -0.25) is 0 Å². The summed E-state index contributed by atoms with van der Waals surface area (Å²) >= 11 is 10.6. The predicted octanol–water partition coefficient (Wildman–Crippen LogP) is 4.64. The molecule has 0 aromatic rings. The minimum atomic E-state index is -1.08. The van der Waals surface area contributed by atoms with Crippen LogP contribution in [0.1, 0.15) is 51.9 Å². The van der Waals surface area contributed by atoms with E-state index in [0.717, 1.165) is 6.42 Å². The number of carbonyl (C=O) groups is 1. The SMILES string of the molecule is CCCCCCCC/C=C/COC(=O)C(Cl)Cl. The van der Waals surface area contributed by atoms with Gasteiger partial charge in [-0.2, -0.15) is 0 Å². The van der Waals surface area contributed by atoms with Crippen molar-refractivity contribution in [2.45, 2.75) is 56.7 Å². The standard InChI is InChI=1S/C13H22Cl2O2/c1-2-3-4-5-6-7-8-9-10-11-17-13(16)12(14)15/h9-10,12H,2-8,11H2,1H3/b10-9+. The molecule has 0 fully saturated rings. The monoisotopic (exact) mass is 280 g/mol. The van der Waals surface area contributed by atoms with Crippen molar-refractivity contribution < 1.29 is 9.53 Å². The average molecular weight is 281 g/mol. The van der Waals surface area contributed by atoms with E-state index in [1.807, 2.05) is 12.2 Å². The van der Waals surface area contributed by atoms with Crippen LogP contribution in [0.25, 0.3) is 0 Å². The molecule has 0 N–H and O–H groups in total. The van der Waals surface area contributed by atoms with Crippen LogP contribution in [0.2, 0.25) is 0 Å². The highest BCUT2D eigenvalue weighted by Gasteiger charge is 2.11. The summed E-state index contributed by atoms with van der Waals surface area (Å²) in [6.45, 7) is 2.47. The van der Waals surface area contributed by atoms with Gasteiger partial charge >= 0.3 is 5.97 Å². The number of ether oxygens (including phenoxy) is 1. The molecular weight excluding hydrogens is 259 g/mol. The van der Waals surface area contributed by atoms with Gasteiger partial charge in [-0.15, -0.1) is 0 Å². The molecule has 100 valence electrons. The van der Waals surface area contributed by atoms with E-state index in [1.54, 1.807) is 0 Å². The Balaban J connectivity index is 3.23. The third-order valence-electron chi connectivity index (χ3n) is 2.39. The lowest BCUT2D eigenvalue weighted by atomic mass is 10.1. The van der Waals surface area contributed by atoms with Crippen molar-refractivity contribution in [2.75, 3.05) is 6.61 Å². The zero-order valence-corrected chi connectivity index (χ0v) is 12.0. The highest BCUT2D eigenvalue weighted by atomic mass is 35.5. The summed E-state index contributed by atoms with van der Waals surface area (Å²) < 4.78 is 4.77. The molecule has 0 radical (unpaired) electrons. The second-order valence-corrected chi connectivity index (χ2v) is 5.05. The smallest absolute Gasteiger partial charge is 0.339 e. The average Bonchev–Trinajstić information content (AvgIpc) is 2.31. The molecule has 0 aliphatic rings. The number of halogens is 2. The predicted molar refractivity (Wildman–Crippen MR) is 73.6 cm³/mol. The molecule has 0 spiro atoms. The van der Waals surface area contributed by atoms with Crippen LogP contribution in [0.15, 0.2) is 12.2 Å². The van der Waals surface area contributed by atoms with Crippen LogP contribution in [0.3, 0.4) is 0 Å². The van der Waals surface area contributed by atoms with Gasteiger partial charge in [-0.25, -0.2) is 4.79 Å². The second kappa shape index (κ2) is 12.3. The van der Waals surface area contributed by atoms with Gasteiger partial charge in [-0.1, -0.05) is 74.4 Å². The normalized spacial score (nSPS) is 11.3. The number of hydrogen-bond acceptors (Lipinski definition) is 2. The summed E-state index contributed by atoms with van der Waals surface area (Å²) in [5, 5.41) is 0. The van der Waals surface area contributed by atoms with Gasteiger partial charge in [-0.05, 0) is 12.8 Å². The molecular formula is C13H22Cl2O2. The summed E-state index contributed by atoms with van der Waals surface area (Å²) in [5.74, 6) is -0.586. The van der Waals surface area contributed by atoms with Gasteiger partial charge in [0.15, 0.2) is 0 Å². The lowest BCUT2D eigenvalue weighted by Crippen LogP contribution is -2.12. The van der Waals surface area contributed by atoms with Crippen LogP contribution < -0.4 is 0 Å². The lowest BCUT2D eigenvalue weighted by molar-refractivity contribution is -0.140. The summed E-state index contributed by atoms with van der Waals surface area (Å²) in [7, 11) is 0. The van der Waals surface area contributed by atoms with Crippen molar-refractivity contribution in [1.82, 2.24) is 0 Å². The second-order valence-electron chi connectivity index (χ2n) is 3.96. The minimum Gasteiger partial charge on any atom is -0.459 e. The first kappa shape index (κ1) is 16.8. The molecule has 0 unspecified atom stereocenters. The maximum absolute atomic E-state index is 10.9. The molecule has 0 saturated heterocycles. The van der Waals surface area contributed by atoms with Crippen molar-refractivity contribution in [3.8, 4) is 0 Å². The van der Waals surface area contributed by atoms with Crippen LogP contribution in [0, 0.1) is 0 Å². The number of alkyl halides is 2. The molecule has 0 aliphatic heterocycles. The molecule has 0 aromatic heterocycles. The molecule has 17 heavy (non-hydrogen) atoms. The van der Waals surface area contributed by atoms with Crippen molar-refractivity contribution in [2.24, 2.45) is 0 Å². The maximum atomic E-state index is 10.9. The summed E-state index contributed by atoms with van der Waals surface area (Å²) in [6, 6.07) is 0. The number of allylic oxidation sites excluding steroid dienone is 1. The van der Waals surface area contributed by atoms with Gasteiger partial charge in [0.05, 0.1) is 0 Å². The van der Waals surface area contributed by atoms with E-state index in [9.17, 15) is 4.79 Å². The van der Waals surface area contributed by atoms with Gasteiger partial charge in [0.25, 0.3) is 0 Å². The fourth-order valence-electron chi connectivity index (χ4n) is 1.42. The molecule has 4 heteroatoms. The highest BCUT2D eigenvalue weighted by Crippen LogP contribution is 2.07. The van der Waals surface area contributed by atoms with E-state index < -0.39 is 10.8 Å². The van der Waals surface area contributed by atoms with E-state index in [1.165, 1.54) is 38.5 Å². The number of esters is 1. The van der Waals surface area contributed by atoms with Crippen LogP contribution in [0.5, 0.6) is 0 Å². The Kier molecular flexibility index (Phi) is 12.1. The molecule has 0 rings (SSSR count). The Morgan fingerprint density at radius 2 is 1.76 bits per heavy atom. The molecule has 0 heterocycles. The third-order valence-corrected chi connectivity index (χ3v) is 2.75. The molecule has 0 amide bonds. The van der Waals surface area contributed by atoms with Gasteiger partial charge in [0.1, 0.15) is 6.61 Å². The Labute approximate surface area is 114 Å². The van der Waals surface area contributed by atoms with Crippen LogP contribution in [-0.2, 0) is 9.53 Å². The molecule has 0 atom stereocenters. The van der Waals surface area contributed by atoms with E-state index in [-0.39, 0.29) is 6.61 Å².